The number of anilines is 1. The summed E-state index contributed by atoms with van der Waals surface area (Å²) in [5.41, 5.74) is 10.4. The summed E-state index contributed by atoms with van der Waals surface area (Å²) in [5.74, 6) is -0.510. The largest absolute Gasteiger partial charge is 0.404 e. The van der Waals surface area contributed by atoms with Gasteiger partial charge in [0.05, 0.1) is 29.0 Å². The maximum absolute atomic E-state index is 13.0. The maximum atomic E-state index is 13.0. The van der Waals surface area contributed by atoms with E-state index in [1.165, 1.54) is 0 Å². The van der Waals surface area contributed by atoms with Crippen LogP contribution in [0.5, 0.6) is 0 Å². The molecule has 41 heavy (non-hydrogen) atoms. The molecule has 1 aliphatic heterocycles. The lowest BCUT2D eigenvalue weighted by atomic mass is 10.0. The minimum atomic E-state index is -1.22. The van der Waals surface area contributed by atoms with Gasteiger partial charge < -0.3 is 25.1 Å². The van der Waals surface area contributed by atoms with Gasteiger partial charge in [-0.1, -0.05) is 88.4 Å². The van der Waals surface area contributed by atoms with Crippen LogP contribution in [0.15, 0.2) is 88.8 Å². The number of carbonyl (C=O) groups is 1. The molecule has 1 aromatic heterocycles. The fourth-order valence-corrected chi connectivity index (χ4v) is 4.11. The van der Waals surface area contributed by atoms with Gasteiger partial charge in [-0.3, -0.25) is 10.2 Å². The summed E-state index contributed by atoms with van der Waals surface area (Å²) in [4.78, 5) is 26.4. The second-order valence-electron chi connectivity index (χ2n) is 8.22. The van der Waals surface area contributed by atoms with Crippen LogP contribution < -0.4 is 11.1 Å². The molecular weight excluding hydrogens is 518 g/mol. The van der Waals surface area contributed by atoms with E-state index in [1.807, 2.05) is 105 Å². The van der Waals surface area contributed by atoms with Gasteiger partial charge in [-0.05, 0) is 18.2 Å². The fraction of sp³-hybridized carbons (Fsp3) is 0.258. The summed E-state index contributed by atoms with van der Waals surface area (Å²) >= 11 is 0. The first-order chi connectivity index (χ1) is 20.0. The van der Waals surface area contributed by atoms with E-state index in [9.17, 15) is 4.79 Å². The Kier molecular flexibility index (Phi) is 11.3. The summed E-state index contributed by atoms with van der Waals surface area (Å²) in [7, 11) is 1.60. The van der Waals surface area contributed by atoms with Crippen molar-refractivity contribution < 1.29 is 14.3 Å². The van der Waals surface area contributed by atoms with Gasteiger partial charge in [0, 0.05) is 24.8 Å². The van der Waals surface area contributed by atoms with Crippen molar-refractivity contribution in [1.82, 2.24) is 9.55 Å². The van der Waals surface area contributed by atoms with Gasteiger partial charge >= 0.3 is 0 Å². The molecule has 10 heteroatoms. The van der Waals surface area contributed by atoms with Crippen molar-refractivity contribution in [3.63, 3.8) is 0 Å². The minimum Gasteiger partial charge on any atom is -0.404 e. The van der Waals surface area contributed by atoms with Crippen LogP contribution in [0.1, 0.15) is 44.6 Å². The molecule has 1 atom stereocenters. The standard InChI is InChI=1S/C27H25N7O3.2C2H6/c1-36-16-15-34-21-14-8-7-13-20(21)30-25(34)23(28)37-27(29)33-24-26(35)31-19-12-6-5-11-18(19)22(32-24)17-9-3-2-4-10-17;2*1-2/h2-14,24,28H,15-16H2,1H3,(H2,29,33)(H,31,35);2*1-2H3. The minimum absolute atomic E-state index is 0.266. The number of carbonyl (C=O) groups excluding carboxylic acids is 1. The number of rotatable bonds is 6. The SMILES string of the molecule is CC.CC.COCCn1c(C(=N)O/C(N)=N/C2N=C(c3ccccc3)c3ccccc3NC2=O)nc2ccccc21. The van der Waals surface area contributed by atoms with Crippen LogP contribution >= 0.6 is 0 Å². The average Bonchev–Trinajstić information content (AvgIpc) is 3.33. The Balaban J connectivity index is 0.00000111. The van der Waals surface area contributed by atoms with Gasteiger partial charge in [0.25, 0.3) is 17.8 Å². The van der Waals surface area contributed by atoms with E-state index in [0.29, 0.717) is 30.1 Å². The Morgan fingerprint density at radius 3 is 2.39 bits per heavy atom. The molecule has 3 aromatic carbocycles. The van der Waals surface area contributed by atoms with Gasteiger partial charge in [0.15, 0.2) is 5.82 Å². The van der Waals surface area contributed by atoms with Crippen molar-refractivity contribution in [1.29, 1.82) is 5.41 Å². The first-order valence-electron chi connectivity index (χ1n) is 13.6. The van der Waals surface area contributed by atoms with Crippen LogP contribution in [0, 0.1) is 5.41 Å². The van der Waals surface area contributed by atoms with Crippen molar-refractivity contribution in [3.05, 3.63) is 95.8 Å². The van der Waals surface area contributed by atoms with Gasteiger partial charge in [-0.2, -0.15) is 4.99 Å². The van der Waals surface area contributed by atoms with E-state index >= 15 is 0 Å². The molecular formula is C31H37N7O3. The predicted molar refractivity (Wildman–Crippen MR) is 165 cm³/mol. The van der Waals surface area contributed by atoms with Crippen molar-refractivity contribution in [2.75, 3.05) is 19.0 Å². The quantitative estimate of drug-likeness (QED) is 0.221. The summed E-state index contributed by atoms with van der Waals surface area (Å²) in [6.45, 7) is 8.88. The zero-order valence-corrected chi connectivity index (χ0v) is 24.1. The third-order valence-corrected chi connectivity index (χ3v) is 5.81. The maximum Gasteiger partial charge on any atom is 0.291 e. The number of fused-ring (bicyclic) bond motifs is 2. The number of amides is 1. The lowest BCUT2D eigenvalue weighted by Gasteiger charge is -2.11. The van der Waals surface area contributed by atoms with Crippen LogP contribution in [0.3, 0.4) is 0 Å². The monoisotopic (exact) mass is 555 g/mol. The molecule has 0 saturated heterocycles. The van der Waals surface area contributed by atoms with Crippen LogP contribution in [-0.2, 0) is 20.8 Å². The molecule has 5 rings (SSSR count). The summed E-state index contributed by atoms with van der Waals surface area (Å²) in [6.07, 6.45) is -1.22. The Bertz CT molecular complexity index is 1530. The Morgan fingerprint density at radius 2 is 1.66 bits per heavy atom. The highest BCUT2D eigenvalue weighted by Gasteiger charge is 2.26. The highest BCUT2D eigenvalue weighted by atomic mass is 16.5. The molecule has 1 unspecified atom stereocenters. The number of nitrogens with one attached hydrogen (secondary N) is 2. The molecule has 214 valence electrons. The molecule has 1 amide bonds. The van der Waals surface area contributed by atoms with Crippen LogP contribution in [-0.4, -0.2) is 53.0 Å². The highest BCUT2D eigenvalue weighted by molar-refractivity contribution is 6.19. The summed E-state index contributed by atoms with van der Waals surface area (Å²) in [6, 6.07) is 24.0. The van der Waals surface area contributed by atoms with Gasteiger partial charge in [-0.25, -0.2) is 9.98 Å². The number of ether oxygens (including phenoxy) is 2. The van der Waals surface area contributed by atoms with Crippen molar-refractivity contribution >= 4 is 40.3 Å². The zero-order valence-electron chi connectivity index (χ0n) is 24.1. The van der Waals surface area contributed by atoms with E-state index < -0.39 is 12.1 Å². The molecule has 0 fully saturated rings. The number of nitrogens with two attached hydrogens (primary N) is 1. The summed E-state index contributed by atoms with van der Waals surface area (Å²) < 4.78 is 12.6. The second-order valence-corrected chi connectivity index (χ2v) is 8.22. The number of para-hydroxylation sites is 3. The van der Waals surface area contributed by atoms with E-state index in [-0.39, 0.29) is 17.7 Å². The van der Waals surface area contributed by atoms with Gasteiger partial charge in [0.1, 0.15) is 0 Å². The molecule has 4 N–H and O–H groups in total. The second kappa shape index (κ2) is 15.1. The molecule has 4 aromatic rings. The number of benzodiazepines with no additional fused rings is 1. The van der Waals surface area contributed by atoms with Gasteiger partial charge in [0.2, 0.25) is 6.17 Å². The van der Waals surface area contributed by atoms with Crippen molar-refractivity contribution in [2.24, 2.45) is 15.7 Å². The lowest BCUT2D eigenvalue weighted by molar-refractivity contribution is -0.117. The van der Waals surface area contributed by atoms with Crippen LogP contribution in [0.4, 0.5) is 5.69 Å². The molecule has 0 aliphatic carbocycles. The number of nitrogens with zero attached hydrogens (tertiary/aromatic N) is 4. The molecule has 10 nitrogen and oxygen atoms in total. The number of benzene rings is 3. The number of methoxy groups -OCH3 is 1. The molecule has 0 spiro atoms. The molecule has 0 radical (unpaired) electrons. The van der Waals surface area contributed by atoms with Gasteiger partial charge in [-0.15, -0.1) is 0 Å². The average molecular weight is 556 g/mol. The fourth-order valence-electron chi connectivity index (χ4n) is 4.11. The Morgan fingerprint density at radius 1 is 1.00 bits per heavy atom. The number of hydrogen-bond donors (Lipinski definition) is 3. The zero-order chi connectivity index (χ0) is 29.8. The van der Waals surface area contributed by atoms with E-state index in [2.05, 4.69) is 20.3 Å². The number of imidazole rings is 1. The molecule has 0 saturated carbocycles. The Labute approximate surface area is 240 Å². The third kappa shape index (κ3) is 7.23. The smallest absolute Gasteiger partial charge is 0.291 e. The number of amidine groups is 1. The number of aliphatic imine (C=N–C) groups is 2. The van der Waals surface area contributed by atoms with Crippen molar-refractivity contribution in [2.45, 2.75) is 40.4 Å². The first kappa shape index (κ1) is 30.7. The Hall–Kier alpha value is -4.83. The predicted octanol–water partition coefficient (Wildman–Crippen LogP) is 5.21. The first-order valence-corrected chi connectivity index (χ1v) is 13.6. The highest BCUT2D eigenvalue weighted by Crippen LogP contribution is 2.24. The topological polar surface area (TPSA) is 140 Å². The van der Waals surface area contributed by atoms with E-state index in [4.69, 9.17) is 20.6 Å². The van der Waals surface area contributed by atoms with Crippen LogP contribution in [0.25, 0.3) is 11.0 Å². The van der Waals surface area contributed by atoms with Crippen LogP contribution in [0.2, 0.25) is 0 Å². The molecule has 2 heterocycles. The summed E-state index contributed by atoms with van der Waals surface area (Å²) in [5, 5.41) is 11.4. The number of aromatic nitrogens is 2. The number of hydrogen-bond acceptors (Lipinski definition) is 7. The normalized spacial score (nSPS) is 14.3. The third-order valence-electron chi connectivity index (χ3n) is 5.81. The molecule has 1 aliphatic rings. The van der Waals surface area contributed by atoms with Crippen molar-refractivity contribution in [3.8, 4) is 0 Å². The molecule has 0 bridgehead atoms. The van der Waals surface area contributed by atoms with E-state index in [0.717, 1.165) is 16.6 Å². The lowest BCUT2D eigenvalue weighted by Crippen LogP contribution is -2.30. The van der Waals surface area contributed by atoms with E-state index in [1.54, 1.807) is 13.2 Å².